The summed E-state index contributed by atoms with van der Waals surface area (Å²) in [7, 11) is -0.119. The van der Waals surface area contributed by atoms with Crippen LogP contribution in [0.2, 0.25) is 0 Å². The molecule has 1 aromatic carbocycles. The van der Waals surface area contributed by atoms with Crippen molar-refractivity contribution >= 4 is 38.6 Å². The molecule has 0 bridgehead atoms. The molecule has 1 amide bonds. The number of methoxy groups -OCH3 is 1. The first-order valence-electron chi connectivity index (χ1n) is 6.08. The molecule has 21 heavy (non-hydrogen) atoms. The summed E-state index contributed by atoms with van der Waals surface area (Å²) in [5, 5.41) is 10.9. The molecule has 1 aromatic rings. The van der Waals surface area contributed by atoms with E-state index in [2.05, 4.69) is 21.2 Å². The number of carboxylic acids is 1. The maximum atomic E-state index is 12.3. The maximum absolute atomic E-state index is 12.3. The van der Waals surface area contributed by atoms with Crippen molar-refractivity contribution in [2.45, 2.75) is 17.1 Å². The second-order valence-corrected chi connectivity index (χ2v) is 6.80. The largest absolute Gasteiger partial charge is 0.478 e. The van der Waals surface area contributed by atoms with Gasteiger partial charge >= 0.3 is 5.97 Å². The summed E-state index contributed by atoms with van der Waals surface area (Å²) in [6.45, 7) is 2.23. The molecule has 0 aromatic heterocycles. The Balaban J connectivity index is 2.85. The molecule has 2 N–H and O–H groups in total. The maximum Gasteiger partial charge on any atom is 0.336 e. The minimum Gasteiger partial charge on any atom is -0.478 e. The standard InChI is InChI=1S/C13H16BrNO5S/c1-8(12(16)15-5-6-20-2)21(19)9-3-4-11(14)10(7-9)13(17)18/h3-4,7-8H,5-6H2,1-2H3,(H,15,16)(H,17,18). The van der Waals surface area contributed by atoms with Crippen LogP contribution >= 0.6 is 15.9 Å². The second kappa shape index (κ2) is 8.26. The Bertz CT molecular complexity index is 563. The monoisotopic (exact) mass is 377 g/mol. The first-order chi connectivity index (χ1) is 9.88. The van der Waals surface area contributed by atoms with Gasteiger partial charge in [0.15, 0.2) is 0 Å². The van der Waals surface area contributed by atoms with Crippen molar-refractivity contribution in [1.82, 2.24) is 5.32 Å². The molecule has 0 heterocycles. The number of hydrogen-bond acceptors (Lipinski definition) is 4. The van der Waals surface area contributed by atoms with Crippen molar-refractivity contribution in [3.05, 3.63) is 28.2 Å². The summed E-state index contributed by atoms with van der Waals surface area (Å²) in [6, 6.07) is 4.35. The van der Waals surface area contributed by atoms with Gasteiger partial charge < -0.3 is 15.2 Å². The van der Waals surface area contributed by atoms with E-state index in [1.165, 1.54) is 32.2 Å². The van der Waals surface area contributed by atoms with E-state index in [4.69, 9.17) is 9.84 Å². The molecule has 0 saturated heterocycles. The third-order valence-corrected chi connectivity index (χ3v) is 4.96. The van der Waals surface area contributed by atoms with Crippen LogP contribution in [0.4, 0.5) is 0 Å². The van der Waals surface area contributed by atoms with Crippen LogP contribution in [0.5, 0.6) is 0 Å². The fourth-order valence-electron chi connectivity index (χ4n) is 1.51. The van der Waals surface area contributed by atoms with Crippen molar-refractivity contribution in [2.75, 3.05) is 20.3 Å². The number of halogens is 1. The zero-order valence-electron chi connectivity index (χ0n) is 11.6. The van der Waals surface area contributed by atoms with Gasteiger partial charge in [-0.2, -0.15) is 0 Å². The van der Waals surface area contributed by atoms with Crippen LogP contribution < -0.4 is 5.32 Å². The highest BCUT2D eigenvalue weighted by Gasteiger charge is 2.22. The molecule has 1 rings (SSSR count). The van der Waals surface area contributed by atoms with Crippen molar-refractivity contribution in [1.29, 1.82) is 0 Å². The van der Waals surface area contributed by atoms with E-state index in [1.54, 1.807) is 0 Å². The van der Waals surface area contributed by atoms with E-state index in [0.717, 1.165) is 0 Å². The zero-order chi connectivity index (χ0) is 16.0. The van der Waals surface area contributed by atoms with Gasteiger partial charge in [0.2, 0.25) is 5.91 Å². The van der Waals surface area contributed by atoms with Crippen molar-refractivity contribution < 1.29 is 23.6 Å². The van der Waals surface area contributed by atoms with Gasteiger partial charge in [0, 0.05) is 23.0 Å². The third-order valence-electron chi connectivity index (χ3n) is 2.70. The summed E-state index contributed by atoms with van der Waals surface area (Å²) >= 11 is 3.12. The fraction of sp³-hybridized carbons (Fsp3) is 0.385. The molecule has 0 radical (unpaired) electrons. The number of rotatable bonds is 7. The molecular formula is C13H16BrNO5S. The highest BCUT2D eigenvalue weighted by molar-refractivity contribution is 9.10. The van der Waals surface area contributed by atoms with Gasteiger partial charge in [0.25, 0.3) is 0 Å². The SMILES string of the molecule is COCCNC(=O)C(C)S(=O)c1ccc(Br)c(C(=O)O)c1. The smallest absolute Gasteiger partial charge is 0.336 e. The van der Waals surface area contributed by atoms with Gasteiger partial charge in [0.05, 0.1) is 23.0 Å². The summed E-state index contributed by atoms with van der Waals surface area (Å²) in [5.74, 6) is -1.50. The molecule has 2 atom stereocenters. The van der Waals surface area contributed by atoms with Gasteiger partial charge in [-0.05, 0) is 41.1 Å². The zero-order valence-corrected chi connectivity index (χ0v) is 14.0. The lowest BCUT2D eigenvalue weighted by Gasteiger charge is -2.12. The van der Waals surface area contributed by atoms with Gasteiger partial charge in [-0.25, -0.2) is 4.79 Å². The number of ether oxygens (including phenoxy) is 1. The lowest BCUT2D eigenvalue weighted by atomic mass is 10.2. The number of benzene rings is 1. The number of hydrogen-bond donors (Lipinski definition) is 2. The number of carbonyl (C=O) groups is 2. The topological polar surface area (TPSA) is 92.7 Å². The quantitative estimate of drug-likeness (QED) is 0.700. The predicted octanol–water partition coefficient (Wildman–Crippen LogP) is 1.41. The van der Waals surface area contributed by atoms with Crippen LogP contribution in [0.15, 0.2) is 27.6 Å². The Kier molecular flexibility index (Phi) is 7.00. The van der Waals surface area contributed by atoms with E-state index < -0.39 is 22.0 Å². The molecule has 0 saturated carbocycles. The number of aromatic carboxylic acids is 1. The second-order valence-electron chi connectivity index (χ2n) is 4.17. The first-order valence-corrected chi connectivity index (χ1v) is 8.09. The van der Waals surface area contributed by atoms with Crippen molar-refractivity contribution in [2.24, 2.45) is 0 Å². The van der Waals surface area contributed by atoms with Crippen LogP contribution in [-0.4, -0.2) is 46.7 Å². The Morgan fingerprint density at radius 1 is 1.48 bits per heavy atom. The Hall–Kier alpha value is -1.25. The van der Waals surface area contributed by atoms with Crippen LogP contribution in [0, 0.1) is 0 Å². The van der Waals surface area contributed by atoms with Gasteiger partial charge in [0.1, 0.15) is 5.25 Å². The fourth-order valence-corrected chi connectivity index (χ4v) is 3.05. The van der Waals surface area contributed by atoms with Crippen molar-refractivity contribution in [3.8, 4) is 0 Å². The molecule has 6 nitrogen and oxygen atoms in total. The van der Waals surface area contributed by atoms with E-state index >= 15 is 0 Å². The van der Waals surface area contributed by atoms with Crippen LogP contribution in [0.25, 0.3) is 0 Å². The molecule has 0 aliphatic rings. The van der Waals surface area contributed by atoms with Crippen LogP contribution in [-0.2, 0) is 20.3 Å². The van der Waals surface area contributed by atoms with Crippen LogP contribution in [0.1, 0.15) is 17.3 Å². The molecule has 2 unspecified atom stereocenters. The molecule has 0 aliphatic carbocycles. The van der Waals surface area contributed by atoms with E-state index in [9.17, 15) is 13.8 Å². The Labute approximate surface area is 133 Å². The molecule has 8 heteroatoms. The van der Waals surface area contributed by atoms with E-state index in [0.29, 0.717) is 22.5 Å². The molecule has 0 spiro atoms. The molecule has 0 fully saturated rings. The number of amides is 1. The van der Waals surface area contributed by atoms with Crippen molar-refractivity contribution in [3.63, 3.8) is 0 Å². The molecule has 0 aliphatic heterocycles. The molecule has 116 valence electrons. The summed E-state index contributed by atoms with van der Waals surface area (Å²) in [6.07, 6.45) is 0. The summed E-state index contributed by atoms with van der Waals surface area (Å²) in [4.78, 5) is 23.2. The Morgan fingerprint density at radius 3 is 2.71 bits per heavy atom. The first kappa shape index (κ1) is 17.8. The highest BCUT2D eigenvalue weighted by atomic mass is 79.9. The summed E-state index contributed by atoms with van der Waals surface area (Å²) in [5.41, 5.74) is 0.00726. The average molecular weight is 378 g/mol. The third kappa shape index (κ3) is 4.90. The van der Waals surface area contributed by atoms with E-state index in [-0.39, 0.29) is 11.5 Å². The Morgan fingerprint density at radius 2 is 2.14 bits per heavy atom. The lowest BCUT2D eigenvalue weighted by Crippen LogP contribution is -2.37. The highest BCUT2D eigenvalue weighted by Crippen LogP contribution is 2.21. The lowest BCUT2D eigenvalue weighted by molar-refractivity contribution is -0.120. The van der Waals surface area contributed by atoms with Gasteiger partial charge in [-0.1, -0.05) is 0 Å². The average Bonchev–Trinajstić information content (AvgIpc) is 2.46. The number of nitrogens with one attached hydrogen (secondary N) is 1. The van der Waals surface area contributed by atoms with Gasteiger partial charge in [-0.3, -0.25) is 9.00 Å². The normalized spacial score (nSPS) is 13.5. The number of carbonyl (C=O) groups excluding carboxylic acids is 1. The van der Waals surface area contributed by atoms with Gasteiger partial charge in [-0.15, -0.1) is 0 Å². The molecular weight excluding hydrogens is 362 g/mol. The van der Waals surface area contributed by atoms with E-state index in [1.807, 2.05) is 0 Å². The van der Waals surface area contributed by atoms with Crippen LogP contribution in [0.3, 0.4) is 0 Å². The predicted molar refractivity (Wildman–Crippen MR) is 81.9 cm³/mol. The minimum absolute atomic E-state index is 0.00726. The summed E-state index contributed by atoms with van der Waals surface area (Å²) < 4.78 is 17.5. The minimum atomic E-state index is -1.64. The number of carboxylic acid groups (broad SMARTS) is 1.